The van der Waals surface area contributed by atoms with E-state index < -0.39 is 5.60 Å². The van der Waals surface area contributed by atoms with Crippen LogP contribution in [0.3, 0.4) is 0 Å². The van der Waals surface area contributed by atoms with Gasteiger partial charge in [-0.3, -0.25) is 0 Å². The topological polar surface area (TPSA) is 50.9 Å². The molecule has 0 fully saturated rings. The van der Waals surface area contributed by atoms with E-state index in [0.29, 0.717) is 5.69 Å². The zero-order valence-corrected chi connectivity index (χ0v) is 8.75. The first kappa shape index (κ1) is 9.86. The Kier molecular flexibility index (Phi) is 2.28. The van der Waals surface area contributed by atoms with Crippen molar-refractivity contribution in [3.63, 3.8) is 0 Å². The molecule has 4 nitrogen and oxygen atoms in total. The van der Waals surface area contributed by atoms with Gasteiger partial charge >= 0.3 is 0 Å². The molecule has 0 atom stereocenters. The zero-order valence-electron chi connectivity index (χ0n) is 8.75. The molecule has 1 aromatic heterocycles. The summed E-state index contributed by atoms with van der Waals surface area (Å²) in [5.74, 6) is 0. The van der Waals surface area contributed by atoms with Gasteiger partial charge in [-0.15, -0.1) is 5.10 Å². The number of aliphatic hydroxyl groups is 1. The average Bonchev–Trinajstić information content (AvgIpc) is 2.67. The molecular weight excluding hydrogens is 190 g/mol. The first-order valence-electron chi connectivity index (χ1n) is 4.78. The van der Waals surface area contributed by atoms with E-state index in [1.807, 2.05) is 30.3 Å². The minimum atomic E-state index is -0.945. The Morgan fingerprint density at radius 2 is 1.87 bits per heavy atom. The van der Waals surface area contributed by atoms with Gasteiger partial charge in [-0.2, -0.15) is 0 Å². The summed E-state index contributed by atoms with van der Waals surface area (Å²) < 4.78 is 1.64. The SMILES string of the molecule is CC(C)(O)c1cnnn1-c1ccccc1. The quantitative estimate of drug-likeness (QED) is 0.804. The van der Waals surface area contributed by atoms with E-state index in [4.69, 9.17) is 0 Å². The van der Waals surface area contributed by atoms with Crippen molar-refractivity contribution in [3.05, 3.63) is 42.2 Å². The molecule has 0 unspecified atom stereocenters. The van der Waals surface area contributed by atoms with E-state index >= 15 is 0 Å². The molecule has 1 aromatic carbocycles. The summed E-state index contributed by atoms with van der Waals surface area (Å²) >= 11 is 0. The Bertz CT molecular complexity index is 442. The Hall–Kier alpha value is -1.68. The summed E-state index contributed by atoms with van der Waals surface area (Å²) in [7, 11) is 0. The highest BCUT2D eigenvalue weighted by atomic mass is 16.3. The highest BCUT2D eigenvalue weighted by molar-refractivity contribution is 5.32. The maximum Gasteiger partial charge on any atom is 0.103 e. The molecule has 0 radical (unpaired) electrons. The number of rotatable bonds is 2. The van der Waals surface area contributed by atoms with E-state index in [-0.39, 0.29) is 0 Å². The molecule has 0 saturated carbocycles. The molecule has 15 heavy (non-hydrogen) atoms. The van der Waals surface area contributed by atoms with Crippen LogP contribution in [0.15, 0.2) is 36.5 Å². The molecule has 0 amide bonds. The Morgan fingerprint density at radius 1 is 1.20 bits per heavy atom. The van der Waals surface area contributed by atoms with Crippen LogP contribution >= 0.6 is 0 Å². The van der Waals surface area contributed by atoms with Crippen molar-refractivity contribution in [3.8, 4) is 5.69 Å². The van der Waals surface area contributed by atoms with E-state index in [2.05, 4.69) is 10.3 Å². The maximum atomic E-state index is 9.92. The van der Waals surface area contributed by atoms with Gasteiger partial charge in [-0.1, -0.05) is 23.4 Å². The van der Waals surface area contributed by atoms with Gasteiger partial charge in [0.2, 0.25) is 0 Å². The number of hydrogen-bond acceptors (Lipinski definition) is 3. The molecule has 4 heteroatoms. The first-order chi connectivity index (χ1) is 7.09. The van der Waals surface area contributed by atoms with Crippen molar-refractivity contribution in [1.29, 1.82) is 0 Å². The number of para-hydroxylation sites is 1. The largest absolute Gasteiger partial charge is 0.384 e. The fourth-order valence-electron chi connectivity index (χ4n) is 1.41. The highest BCUT2D eigenvalue weighted by Gasteiger charge is 2.22. The fraction of sp³-hybridized carbons (Fsp3) is 0.273. The molecule has 2 aromatic rings. The molecule has 2 rings (SSSR count). The first-order valence-corrected chi connectivity index (χ1v) is 4.78. The summed E-state index contributed by atoms with van der Waals surface area (Å²) in [6.07, 6.45) is 1.58. The van der Waals surface area contributed by atoms with Crippen LogP contribution < -0.4 is 0 Å². The standard InChI is InChI=1S/C11H13N3O/c1-11(2,15)10-8-12-13-14(10)9-6-4-3-5-7-9/h3-8,15H,1-2H3. The number of benzene rings is 1. The lowest BCUT2D eigenvalue weighted by Gasteiger charge is -2.17. The summed E-state index contributed by atoms with van der Waals surface area (Å²) in [6, 6.07) is 9.62. The lowest BCUT2D eigenvalue weighted by molar-refractivity contribution is 0.0711. The summed E-state index contributed by atoms with van der Waals surface area (Å²) in [6.45, 7) is 3.43. The normalized spacial score (nSPS) is 11.7. The van der Waals surface area contributed by atoms with Crippen LogP contribution in [-0.4, -0.2) is 20.1 Å². The monoisotopic (exact) mass is 203 g/mol. The smallest absolute Gasteiger partial charge is 0.103 e. The maximum absolute atomic E-state index is 9.92. The van der Waals surface area contributed by atoms with Crippen molar-refractivity contribution in [1.82, 2.24) is 15.0 Å². The van der Waals surface area contributed by atoms with Crippen molar-refractivity contribution in [2.45, 2.75) is 19.4 Å². The molecule has 0 saturated heterocycles. The van der Waals surface area contributed by atoms with Gasteiger partial charge < -0.3 is 5.11 Å². The van der Waals surface area contributed by atoms with Gasteiger partial charge in [0.1, 0.15) is 5.60 Å². The average molecular weight is 203 g/mol. The minimum Gasteiger partial charge on any atom is -0.384 e. The van der Waals surface area contributed by atoms with E-state index in [0.717, 1.165) is 5.69 Å². The predicted molar refractivity (Wildman–Crippen MR) is 56.6 cm³/mol. The summed E-state index contributed by atoms with van der Waals surface area (Å²) in [5, 5.41) is 17.7. The molecule has 1 N–H and O–H groups in total. The lowest BCUT2D eigenvalue weighted by atomic mass is 10.1. The molecule has 78 valence electrons. The molecule has 1 heterocycles. The third-order valence-corrected chi connectivity index (χ3v) is 2.18. The number of nitrogens with zero attached hydrogens (tertiary/aromatic N) is 3. The summed E-state index contributed by atoms with van der Waals surface area (Å²) in [4.78, 5) is 0. The van der Waals surface area contributed by atoms with Gasteiger partial charge in [0.25, 0.3) is 0 Å². The van der Waals surface area contributed by atoms with Gasteiger partial charge in [0.05, 0.1) is 17.6 Å². The van der Waals surface area contributed by atoms with Crippen molar-refractivity contribution in [2.24, 2.45) is 0 Å². The lowest BCUT2D eigenvalue weighted by Crippen LogP contribution is -2.20. The van der Waals surface area contributed by atoms with Crippen molar-refractivity contribution >= 4 is 0 Å². The van der Waals surface area contributed by atoms with Crippen LogP contribution in [0.1, 0.15) is 19.5 Å². The third-order valence-electron chi connectivity index (χ3n) is 2.18. The molecule has 0 aliphatic carbocycles. The van der Waals surface area contributed by atoms with Crippen LogP contribution in [0.25, 0.3) is 5.69 Å². The second-order valence-electron chi connectivity index (χ2n) is 3.93. The second kappa shape index (κ2) is 3.47. The molecule has 0 aliphatic heterocycles. The molecular formula is C11H13N3O. The number of aromatic nitrogens is 3. The van der Waals surface area contributed by atoms with E-state index in [9.17, 15) is 5.11 Å². The third kappa shape index (κ3) is 1.89. The summed E-state index contributed by atoms with van der Waals surface area (Å²) in [5.41, 5.74) is 0.625. The van der Waals surface area contributed by atoms with Crippen LogP contribution in [0.4, 0.5) is 0 Å². The molecule has 0 spiro atoms. The molecule has 0 bridgehead atoms. The minimum absolute atomic E-state index is 0.675. The van der Waals surface area contributed by atoms with Crippen molar-refractivity contribution in [2.75, 3.05) is 0 Å². The van der Waals surface area contributed by atoms with Crippen LogP contribution in [0, 0.1) is 0 Å². The van der Waals surface area contributed by atoms with E-state index in [1.54, 1.807) is 24.7 Å². The predicted octanol–water partition coefficient (Wildman–Crippen LogP) is 1.49. The van der Waals surface area contributed by atoms with Crippen molar-refractivity contribution < 1.29 is 5.11 Å². The van der Waals surface area contributed by atoms with Gasteiger partial charge in [0.15, 0.2) is 0 Å². The zero-order chi connectivity index (χ0) is 10.9. The molecule has 0 aliphatic rings. The Labute approximate surface area is 88.2 Å². The van der Waals surface area contributed by atoms with Crippen LogP contribution in [0.2, 0.25) is 0 Å². The highest BCUT2D eigenvalue weighted by Crippen LogP contribution is 2.20. The number of hydrogen-bond donors (Lipinski definition) is 1. The van der Waals surface area contributed by atoms with Gasteiger partial charge in [-0.25, -0.2) is 4.68 Å². The Morgan fingerprint density at radius 3 is 2.47 bits per heavy atom. The van der Waals surface area contributed by atoms with E-state index in [1.165, 1.54) is 0 Å². The van der Waals surface area contributed by atoms with Gasteiger partial charge in [-0.05, 0) is 26.0 Å². The fourth-order valence-corrected chi connectivity index (χ4v) is 1.41. The van der Waals surface area contributed by atoms with Gasteiger partial charge in [0, 0.05) is 0 Å². The second-order valence-corrected chi connectivity index (χ2v) is 3.93. The van der Waals surface area contributed by atoms with Crippen LogP contribution in [-0.2, 0) is 5.60 Å². The Balaban J connectivity index is 2.51. The van der Waals surface area contributed by atoms with Crippen LogP contribution in [0.5, 0.6) is 0 Å².